The monoisotopic (exact) mass is 164 g/mol. The molecule has 1 unspecified atom stereocenters. The van der Waals surface area contributed by atoms with Gasteiger partial charge in [0.05, 0.1) is 26.4 Å². The van der Waals surface area contributed by atoms with Gasteiger partial charge in [-0.2, -0.15) is 0 Å². The highest BCUT2D eigenvalue weighted by atomic mass is 16.5. The largest absolute Gasteiger partial charge is 0.394 e. The second kappa shape index (κ2) is 7.94. The molecule has 0 aromatic carbocycles. The summed E-state index contributed by atoms with van der Waals surface area (Å²) in [7, 11) is 0. The van der Waals surface area contributed by atoms with Crippen LogP contribution in [0.5, 0.6) is 0 Å². The molecule has 0 saturated heterocycles. The topological polar surface area (TPSA) is 58.9 Å². The van der Waals surface area contributed by atoms with Crippen LogP contribution in [0.1, 0.15) is 6.92 Å². The minimum Gasteiger partial charge on any atom is -0.394 e. The van der Waals surface area contributed by atoms with Crippen LogP contribution in [0, 0.1) is 0 Å². The Kier molecular flexibility index (Phi) is 7.83. The lowest BCUT2D eigenvalue weighted by Crippen LogP contribution is -2.20. The van der Waals surface area contributed by atoms with Crippen molar-refractivity contribution in [1.29, 1.82) is 0 Å². The van der Waals surface area contributed by atoms with E-state index in [0.717, 1.165) is 0 Å². The molecular weight excluding hydrogens is 148 g/mol. The molecule has 4 nitrogen and oxygen atoms in total. The van der Waals surface area contributed by atoms with Crippen molar-refractivity contribution in [2.24, 2.45) is 0 Å². The van der Waals surface area contributed by atoms with Crippen molar-refractivity contribution in [1.82, 2.24) is 0 Å². The summed E-state index contributed by atoms with van der Waals surface area (Å²) in [4.78, 5) is 0. The predicted octanol–water partition coefficient (Wildman–Crippen LogP) is -0.607. The Balaban J connectivity index is 2.89. The van der Waals surface area contributed by atoms with Crippen LogP contribution in [0.15, 0.2) is 0 Å². The molecule has 0 aliphatic heterocycles. The molecule has 0 radical (unpaired) electrons. The summed E-state index contributed by atoms with van der Waals surface area (Å²) in [5.41, 5.74) is 0. The van der Waals surface area contributed by atoms with Crippen LogP contribution in [0.25, 0.3) is 0 Å². The van der Waals surface area contributed by atoms with Gasteiger partial charge in [-0.3, -0.25) is 0 Å². The van der Waals surface area contributed by atoms with E-state index < -0.39 is 6.10 Å². The number of ether oxygens (including phenoxy) is 2. The number of aliphatic hydroxyl groups is 2. The highest BCUT2D eigenvalue weighted by Crippen LogP contribution is 1.83. The Morgan fingerprint density at radius 1 is 1.27 bits per heavy atom. The zero-order valence-corrected chi connectivity index (χ0v) is 6.82. The average Bonchev–Trinajstić information content (AvgIpc) is 2.04. The van der Waals surface area contributed by atoms with E-state index in [2.05, 4.69) is 0 Å². The van der Waals surface area contributed by atoms with E-state index in [9.17, 15) is 0 Å². The molecule has 0 amide bonds. The predicted molar refractivity (Wildman–Crippen MR) is 40.4 cm³/mol. The van der Waals surface area contributed by atoms with Crippen molar-refractivity contribution in [3.05, 3.63) is 0 Å². The van der Waals surface area contributed by atoms with E-state index in [-0.39, 0.29) is 13.2 Å². The Bertz CT molecular complexity index is 76.8. The smallest absolute Gasteiger partial charge is 0.100 e. The summed E-state index contributed by atoms with van der Waals surface area (Å²) in [5, 5.41) is 17.2. The molecule has 0 fully saturated rings. The van der Waals surface area contributed by atoms with Gasteiger partial charge in [-0.25, -0.2) is 0 Å². The van der Waals surface area contributed by atoms with Gasteiger partial charge in [0.2, 0.25) is 0 Å². The lowest BCUT2D eigenvalue weighted by Gasteiger charge is -2.07. The van der Waals surface area contributed by atoms with Crippen LogP contribution in [0.4, 0.5) is 0 Å². The maximum absolute atomic E-state index is 8.80. The van der Waals surface area contributed by atoms with Gasteiger partial charge in [0.25, 0.3) is 0 Å². The van der Waals surface area contributed by atoms with E-state index in [4.69, 9.17) is 19.7 Å². The molecule has 0 spiro atoms. The Hall–Kier alpha value is -0.160. The molecule has 0 aliphatic rings. The molecule has 0 aromatic heterocycles. The molecule has 0 aromatic rings. The second-order valence-electron chi connectivity index (χ2n) is 2.11. The lowest BCUT2D eigenvalue weighted by molar-refractivity contribution is -0.0133. The van der Waals surface area contributed by atoms with Crippen LogP contribution in [0.2, 0.25) is 0 Å². The molecule has 0 bridgehead atoms. The molecule has 11 heavy (non-hydrogen) atoms. The third-order valence-corrected chi connectivity index (χ3v) is 1.10. The first-order valence-electron chi connectivity index (χ1n) is 3.75. The SMILES string of the molecule is CCOCCOCC(O)CO. The summed E-state index contributed by atoms with van der Waals surface area (Å²) < 4.78 is 9.93. The normalized spacial score (nSPS) is 13.4. The highest BCUT2D eigenvalue weighted by Gasteiger charge is 1.99. The standard InChI is InChI=1S/C7H16O4/c1-2-10-3-4-11-6-7(9)5-8/h7-9H,2-6H2,1H3. The molecule has 0 heterocycles. The summed E-state index contributed by atoms with van der Waals surface area (Å²) in [5.74, 6) is 0. The summed E-state index contributed by atoms with van der Waals surface area (Å²) >= 11 is 0. The molecule has 68 valence electrons. The van der Waals surface area contributed by atoms with Crippen molar-refractivity contribution < 1.29 is 19.7 Å². The average molecular weight is 164 g/mol. The number of hydrogen-bond donors (Lipinski definition) is 2. The third kappa shape index (κ3) is 7.74. The molecular formula is C7H16O4. The van der Waals surface area contributed by atoms with E-state index in [1.807, 2.05) is 6.92 Å². The van der Waals surface area contributed by atoms with Crippen LogP contribution < -0.4 is 0 Å². The van der Waals surface area contributed by atoms with E-state index in [0.29, 0.717) is 19.8 Å². The van der Waals surface area contributed by atoms with Gasteiger partial charge in [0.1, 0.15) is 6.10 Å². The Morgan fingerprint density at radius 3 is 2.45 bits per heavy atom. The summed E-state index contributed by atoms with van der Waals surface area (Å²) in [6.07, 6.45) is -0.767. The Morgan fingerprint density at radius 2 is 1.91 bits per heavy atom. The molecule has 0 saturated carbocycles. The minimum absolute atomic E-state index is 0.170. The van der Waals surface area contributed by atoms with Crippen LogP contribution >= 0.6 is 0 Å². The fraction of sp³-hybridized carbons (Fsp3) is 1.00. The van der Waals surface area contributed by atoms with Crippen LogP contribution in [-0.4, -0.2) is 49.4 Å². The van der Waals surface area contributed by atoms with Crippen molar-refractivity contribution in [3.8, 4) is 0 Å². The molecule has 2 N–H and O–H groups in total. The van der Waals surface area contributed by atoms with E-state index in [1.54, 1.807) is 0 Å². The summed E-state index contributed by atoms with van der Waals surface area (Å²) in [6.45, 7) is 3.49. The zero-order chi connectivity index (χ0) is 8.53. The van der Waals surface area contributed by atoms with Crippen molar-refractivity contribution in [2.45, 2.75) is 13.0 Å². The van der Waals surface area contributed by atoms with Crippen molar-refractivity contribution >= 4 is 0 Å². The quantitative estimate of drug-likeness (QED) is 0.493. The Labute approximate surface area is 66.7 Å². The van der Waals surface area contributed by atoms with E-state index in [1.165, 1.54) is 0 Å². The lowest BCUT2D eigenvalue weighted by atomic mass is 10.4. The highest BCUT2D eigenvalue weighted by molar-refractivity contribution is 4.48. The maximum atomic E-state index is 8.80. The van der Waals surface area contributed by atoms with E-state index >= 15 is 0 Å². The first-order valence-corrected chi connectivity index (χ1v) is 3.75. The van der Waals surface area contributed by atoms with Gasteiger partial charge in [-0.15, -0.1) is 0 Å². The van der Waals surface area contributed by atoms with Crippen LogP contribution in [-0.2, 0) is 9.47 Å². The minimum atomic E-state index is -0.767. The van der Waals surface area contributed by atoms with Crippen molar-refractivity contribution in [2.75, 3.05) is 33.0 Å². The van der Waals surface area contributed by atoms with Crippen LogP contribution in [0.3, 0.4) is 0 Å². The first-order chi connectivity index (χ1) is 5.31. The van der Waals surface area contributed by atoms with Gasteiger partial charge >= 0.3 is 0 Å². The molecule has 0 aliphatic carbocycles. The first kappa shape index (κ1) is 10.8. The molecule has 4 heteroatoms. The second-order valence-corrected chi connectivity index (χ2v) is 2.11. The van der Waals surface area contributed by atoms with Gasteiger partial charge < -0.3 is 19.7 Å². The maximum Gasteiger partial charge on any atom is 0.100 e. The number of hydrogen-bond acceptors (Lipinski definition) is 4. The molecule has 0 rings (SSSR count). The van der Waals surface area contributed by atoms with Gasteiger partial charge in [-0.05, 0) is 6.92 Å². The fourth-order valence-corrected chi connectivity index (χ4v) is 0.534. The van der Waals surface area contributed by atoms with Gasteiger partial charge in [0.15, 0.2) is 0 Å². The number of rotatable bonds is 7. The fourth-order valence-electron chi connectivity index (χ4n) is 0.534. The summed E-state index contributed by atoms with van der Waals surface area (Å²) in [6, 6.07) is 0. The number of aliphatic hydroxyl groups excluding tert-OH is 2. The van der Waals surface area contributed by atoms with Crippen molar-refractivity contribution in [3.63, 3.8) is 0 Å². The zero-order valence-electron chi connectivity index (χ0n) is 6.82. The third-order valence-electron chi connectivity index (χ3n) is 1.10. The van der Waals surface area contributed by atoms with Gasteiger partial charge in [0, 0.05) is 6.61 Å². The molecule has 1 atom stereocenters. The van der Waals surface area contributed by atoms with Gasteiger partial charge in [-0.1, -0.05) is 0 Å².